The lowest BCUT2D eigenvalue weighted by Gasteiger charge is -2.09. The second-order valence-corrected chi connectivity index (χ2v) is 3.68. The fourth-order valence-corrected chi connectivity index (χ4v) is 1.37. The fraction of sp³-hybridized carbons (Fsp3) is 0.417. The summed E-state index contributed by atoms with van der Waals surface area (Å²) < 4.78 is 4.57. The third-order valence-corrected chi connectivity index (χ3v) is 2.30. The molecule has 0 aliphatic heterocycles. The first kappa shape index (κ1) is 11.7. The van der Waals surface area contributed by atoms with Crippen LogP contribution in [0.2, 0.25) is 0 Å². The number of allylic oxidation sites excluding steroid dienone is 5. The first-order valence-corrected chi connectivity index (χ1v) is 5.02. The van der Waals surface area contributed by atoms with Gasteiger partial charge in [0, 0.05) is 0 Å². The number of rotatable bonds is 3. The number of ether oxygens (including phenoxy) is 1. The van der Waals surface area contributed by atoms with Crippen LogP contribution in [0.5, 0.6) is 0 Å². The van der Waals surface area contributed by atoms with Gasteiger partial charge in [0.05, 0.1) is 7.11 Å². The Hall–Kier alpha value is -1.35. The predicted molar refractivity (Wildman–Crippen MR) is 60.1 cm³/mol. The van der Waals surface area contributed by atoms with Crippen molar-refractivity contribution in [2.75, 3.05) is 7.11 Å². The molecule has 0 aromatic carbocycles. The maximum atomic E-state index is 11.1. The van der Waals surface area contributed by atoms with E-state index in [0.717, 1.165) is 5.57 Å². The molecule has 0 bridgehead atoms. The van der Waals surface area contributed by atoms with Gasteiger partial charge in [0.25, 0.3) is 0 Å². The van der Waals surface area contributed by atoms with Crippen LogP contribution in [-0.4, -0.2) is 19.1 Å². The maximum absolute atomic E-state index is 11.1. The lowest BCUT2D eigenvalue weighted by molar-refractivity contribution is -0.142. The molecule has 0 saturated carbocycles. The van der Waals surface area contributed by atoms with E-state index in [1.165, 1.54) is 7.11 Å². The number of carbonyl (C=O) groups excluding carboxylic acids is 1. The number of nitrogens with two attached hydrogens (primary N) is 1. The first-order valence-electron chi connectivity index (χ1n) is 5.02. The van der Waals surface area contributed by atoms with Crippen LogP contribution in [0.1, 0.15) is 13.3 Å². The maximum Gasteiger partial charge on any atom is 0.322 e. The SMILES string of the molecule is COC(=O)[C@H](N)CC1=CC=CC(C)C=C1. The van der Waals surface area contributed by atoms with Crippen molar-refractivity contribution in [1.29, 1.82) is 0 Å². The van der Waals surface area contributed by atoms with E-state index < -0.39 is 6.04 Å². The van der Waals surface area contributed by atoms with Crippen LogP contribution in [0, 0.1) is 5.92 Å². The summed E-state index contributed by atoms with van der Waals surface area (Å²) in [7, 11) is 1.35. The highest BCUT2D eigenvalue weighted by molar-refractivity contribution is 5.75. The highest BCUT2D eigenvalue weighted by Gasteiger charge is 2.14. The van der Waals surface area contributed by atoms with Gasteiger partial charge in [0.1, 0.15) is 6.04 Å². The van der Waals surface area contributed by atoms with Crippen LogP contribution >= 0.6 is 0 Å². The number of hydrogen-bond acceptors (Lipinski definition) is 3. The molecule has 1 unspecified atom stereocenters. The highest BCUT2D eigenvalue weighted by atomic mass is 16.5. The summed E-state index contributed by atoms with van der Waals surface area (Å²) in [5, 5.41) is 0. The van der Waals surface area contributed by atoms with Gasteiger partial charge in [0.15, 0.2) is 0 Å². The zero-order chi connectivity index (χ0) is 11.3. The summed E-state index contributed by atoms with van der Waals surface area (Å²) in [6.45, 7) is 2.10. The molecule has 3 heteroatoms. The average molecular weight is 207 g/mol. The van der Waals surface area contributed by atoms with Crippen LogP contribution in [0.15, 0.2) is 36.0 Å². The molecule has 2 N–H and O–H groups in total. The topological polar surface area (TPSA) is 52.3 Å². The minimum Gasteiger partial charge on any atom is -0.468 e. The van der Waals surface area contributed by atoms with Crippen molar-refractivity contribution in [2.45, 2.75) is 19.4 Å². The Morgan fingerprint density at radius 1 is 1.60 bits per heavy atom. The lowest BCUT2D eigenvalue weighted by Crippen LogP contribution is -2.31. The van der Waals surface area contributed by atoms with Crippen molar-refractivity contribution >= 4 is 5.97 Å². The van der Waals surface area contributed by atoms with Crippen LogP contribution in [0.25, 0.3) is 0 Å². The van der Waals surface area contributed by atoms with Crippen LogP contribution in [0.4, 0.5) is 0 Å². The van der Waals surface area contributed by atoms with E-state index in [1.54, 1.807) is 0 Å². The summed E-state index contributed by atoms with van der Waals surface area (Å²) in [5.74, 6) is 0.0543. The molecule has 82 valence electrons. The third kappa shape index (κ3) is 3.72. The van der Waals surface area contributed by atoms with Crippen molar-refractivity contribution in [3.8, 4) is 0 Å². The van der Waals surface area contributed by atoms with Gasteiger partial charge in [-0.2, -0.15) is 0 Å². The molecule has 0 radical (unpaired) electrons. The Morgan fingerprint density at radius 2 is 2.33 bits per heavy atom. The van der Waals surface area contributed by atoms with Gasteiger partial charge in [-0.05, 0) is 17.9 Å². The summed E-state index contributed by atoms with van der Waals surface area (Å²) in [4.78, 5) is 11.1. The Bertz CT molecular complexity index is 316. The Morgan fingerprint density at radius 3 is 3.00 bits per heavy atom. The van der Waals surface area contributed by atoms with Gasteiger partial charge in [-0.1, -0.05) is 37.3 Å². The van der Waals surface area contributed by atoms with E-state index in [9.17, 15) is 4.79 Å². The molecule has 3 nitrogen and oxygen atoms in total. The van der Waals surface area contributed by atoms with Gasteiger partial charge < -0.3 is 10.5 Å². The second-order valence-electron chi connectivity index (χ2n) is 3.68. The first-order chi connectivity index (χ1) is 7.13. The molecular formula is C12H17NO2. The van der Waals surface area contributed by atoms with E-state index in [0.29, 0.717) is 12.3 Å². The summed E-state index contributed by atoms with van der Waals surface area (Å²) >= 11 is 0. The van der Waals surface area contributed by atoms with Crippen molar-refractivity contribution in [1.82, 2.24) is 0 Å². The van der Waals surface area contributed by atoms with E-state index in [-0.39, 0.29) is 5.97 Å². The number of esters is 1. The molecule has 0 aromatic rings. The molecule has 0 amide bonds. The molecule has 1 rings (SSSR count). The average Bonchev–Trinajstić information content (AvgIpc) is 2.42. The molecule has 0 fully saturated rings. The molecule has 0 spiro atoms. The Labute approximate surface area is 90.3 Å². The van der Waals surface area contributed by atoms with Crippen molar-refractivity contribution in [2.24, 2.45) is 11.7 Å². The molecule has 0 aromatic heterocycles. The largest absolute Gasteiger partial charge is 0.468 e. The van der Waals surface area contributed by atoms with Gasteiger partial charge in [-0.3, -0.25) is 4.79 Å². The normalized spacial score (nSPS) is 21.8. The third-order valence-electron chi connectivity index (χ3n) is 2.30. The van der Waals surface area contributed by atoms with Crippen LogP contribution < -0.4 is 5.73 Å². The molecule has 2 atom stereocenters. The van der Waals surface area contributed by atoms with E-state index in [2.05, 4.69) is 23.8 Å². The summed E-state index contributed by atoms with van der Waals surface area (Å²) in [6.07, 6.45) is 10.7. The highest BCUT2D eigenvalue weighted by Crippen LogP contribution is 2.13. The number of hydrogen-bond donors (Lipinski definition) is 1. The zero-order valence-corrected chi connectivity index (χ0v) is 9.14. The van der Waals surface area contributed by atoms with Gasteiger partial charge >= 0.3 is 5.97 Å². The van der Waals surface area contributed by atoms with Crippen LogP contribution in [0.3, 0.4) is 0 Å². The summed E-state index contributed by atoms with van der Waals surface area (Å²) in [6, 6.07) is -0.576. The standard InChI is InChI=1S/C12H17NO2/c1-9-4-3-5-10(7-6-9)8-11(13)12(14)15-2/h3-7,9,11H,8,13H2,1-2H3/t9?,11-/m1/s1. The van der Waals surface area contributed by atoms with Crippen LogP contribution in [-0.2, 0) is 9.53 Å². The van der Waals surface area contributed by atoms with E-state index in [4.69, 9.17) is 5.73 Å². The lowest BCUT2D eigenvalue weighted by atomic mass is 10.1. The van der Waals surface area contributed by atoms with Gasteiger partial charge in [-0.15, -0.1) is 0 Å². The second kappa shape index (κ2) is 5.51. The van der Waals surface area contributed by atoms with Crippen molar-refractivity contribution in [3.63, 3.8) is 0 Å². The Balaban J connectivity index is 2.59. The monoisotopic (exact) mass is 207 g/mol. The molecular weight excluding hydrogens is 190 g/mol. The number of carbonyl (C=O) groups is 1. The molecule has 0 heterocycles. The smallest absolute Gasteiger partial charge is 0.322 e. The van der Waals surface area contributed by atoms with E-state index in [1.807, 2.05) is 18.2 Å². The quantitative estimate of drug-likeness (QED) is 0.715. The summed E-state index contributed by atoms with van der Waals surface area (Å²) in [5.41, 5.74) is 6.72. The van der Waals surface area contributed by atoms with Gasteiger partial charge in [-0.25, -0.2) is 0 Å². The zero-order valence-electron chi connectivity index (χ0n) is 9.14. The molecule has 15 heavy (non-hydrogen) atoms. The van der Waals surface area contributed by atoms with Crippen molar-refractivity contribution in [3.05, 3.63) is 36.0 Å². The molecule has 0 saturated heterocycles. The fourth-order valence-electron chi connectivity index (χ4n) is 1.37. The Kier molecular flexibility index (Phi) is 4.31. The predicted octanol–water partition coefficient (Wildman–Crippen LogP) is 1.57. The number of methoxy groups -OCH3 is 1. The molecule has 1 aliphatic rings. The molecule has 1 aliphatic carbocycles. The minimum absolute atomic E-state index is 0.370. The van der Waals surface area contributed by atoms with Gasteiger partial charge in [0.2, 0.25) is 0 Å². The van der Waals surface area contributed by atoms with E-state index >= 15 is 0 Å². The minimum atomic E-state index is -0.576. The van der Waals surface area contributed by atoms with Crippen molar-refractivity contribution < 1.29 is 9.53 Å².